The van der Waals surface area contributed by atoms with Gasteiger partial charge < -0.3 is 9.47 Å². The van der Waals surface area contributed by atoms with Gasteiger partial charge in [0.2, 0.25) is 5.88 Å². The van der Waals surface area contributed by atoms with Crippen LogP contribution < -0.4 is 9.47 Å². The van der Waals surface area contributed by atoms with Crippen LogP contribution in [0.2, 0.25) is 0 Å². The van der Waals surface area contributed by atoms with E-state index < -0.39 is 0 Å². The van der Waals surface area contributed by atoms with E-state index in [1.54, 1.807) is 25.3 Å². The van der Waals surface area contributed by atoms with Crippen molar-refractivity contribution < 1.29 is 9.47 Å². The van der Waals surface area contributed by atoms with Gasteiger partial charge in [-0.2, -0.15) is 10.5 Å². The first-order valence-corrected chi connectivity index (χ1v) is 8.04. The molecule has 2 aromatic rings. The fraction of sp³-hybridized carbons (Fsp3) is 0.316. The Morgan fingerprint density at radius 3 is 2.68 bits per heavy atom. The predicted molar refractivity (Wildman–Crippen MR) is 91.0 cm³/mol. The van der Waals surface area contributed by atoms with E-state index in [0.717, 1.165) is 37.4 Å². The SMILES string of the molecule is COc1cc(C#N)ccc1CN1CCC(Oc2ccc(C#N)cn2)C1. The van der Waals surface area contributed by atoms with Crippen molar-refractivity contribution in [2.24, 2.45) is 0 Å². The Bertz CT molecular complexity index is 821. The van der Waals surface area contributed by atoms with Crippen molar-refractivity contribution in [3.63, 3.8) is 0 Å². The molecule has 25 heavy (non-hydrogen) atoms. The zero-order valence-electron chi connectivity index (χ0n) is 14.0. The molecule has 6 heteroatoms. The minimum atomic E-state index is 0.0739. The molecule has 1 aromatic carbocycles. The molecule has 0 radical (unpaired) electrons. The van der Waals surface area contributed by atoms with Gasteiger partial charge in [0.15, 0.2) is 0 Å². The van der Waals surface area contributed by atoms with E-state index in [4.69, 9.17) is 20.0 Å². The van der Waals surface area contributed by atoms with E-state index in [-0.39, 0.29) is 6.10 Å². The molecular weight excluding hydrogens is 316 g/mol. The highest BCUT2D eigenvalue weighted by atomic mass is 16.5. The lowest BCUT2D eigenvalue weighted by Gasteiger charge is -2.18. The second kappa shape index (κ2) is 7.65. The van der Waals surface area contributed by atoms with E-state index in [2.05, 4.69) is 16.0 Å². The van der Waals surface area contributed by atoms with Crippen molar-refractivity contribution in [3.8, 4) is 23.8 Å². The van der Waals surface area contributed by atoms with Gasteiger partial charge >= 0.3 is 0 Å². The van der Waals surface area contributed by atoms with Crippen LogP contribution in [0.15, 0.2) is 36.5 Å². The molecule has 1 aliphatic rings. The van der Waals surface area contributed by atoms with Crippen molar-refractivity contribution in [2.75, 3.05) is 20.2 Å². The lowest BCUT2D eigenvalue weighted by Crippen LogP contribution is -2.25. The first-order valence-electron chi connectivity index (χ1n) is 8.04. The number of methoxy groups -OCH3 is 1. The standard InChI is InChI=1S/C19H18N4O2/c1-24-18-8-14(9-20)2-4-16(18)12-23-7-6-17(13-23)25-19-5-3-15(10-21)11-22-19/h2-5,8,11,17H,6-7,12-13H2,1H3. The number of rotatable bonds is 5. The summed E-state index contributed by atoms with van der Waals surface area (Å²) in [6.45, 7) is 2.46. The minimum Gasteiger partial charge on any atom is -0.496 e. The highest BCUT2D eigenvalue weighted by molar-refractivity contribution is 5.42. The van der Waals surface area contributed by atoms with Gasteiger partial charge in [-0.25, -0.2) is 4.98 Å². The third-order valence-corrected chi connectivity index (χ3v) is 4.19. The zero-order chi connectivity index (χ0) is 17.6. The summed E-state index contributed by atoms with van der Waals surface area (Å²) in [4.78, 5) is 6.44. The summed E-state index contributed by atoms with van der Waals surface area (Å²) >= 11 is 0. The number of hydrogen-bond acceptors (Lipinski definition) is 6. The van der Waals surface area contributed by atoms with Crippen molar-refractivity contribution in [1.82, 2.24) is 9.88 Å². The Morgan fingerprint density at radius 2 is 2.00 bits per heavy atom. The fourth-order valence-corrected chi connectivity index (χ4v) is 2.91. The highest BCUT2D eigenvalue weighted by Crippen LogP contribution is 2.24. The molecule has 3 rings (SSSR count). The molecule has 0 amide bonds. The van der Waals surface area contributed by atoms with Gasteiger partial charge in [-0.3, -0.25) is 4.90 Å². The molecule has 0 spiro atoms. The number of aromatic nitrogens is 1. The fourth-order valence-electron chi connectivity index (χ4n) is 2.91. The Kier molecular flexibility index (Phi) is 5.13. The molecule has 0 bridgehead atoms. The van der Waals surface area contributed by atoms with E-state index >= 15 is 0 Å². The summed E-state index contributed by atoms with van der Waals surface area (Å²) in [5, 5.41) is 17.8. The van der Waals surface area contributed by atoms with Gasteiger partial charge in [-0.1, -0.05) is 6.07 Å². The van der Waals surface area contributed by atoms with E-state index in [9.17, 15) is 0 Å². The van der Waals surface area contributed by atoms with Crippen molar-refractivity contribution in [3.05, 3.63) is 53.2 Å². The van der Waals surface area contributed by atoms with Gasteiger partial charge in [0.25, 0.3) is 0 Å². The summed E-state index contributed by atoms with van der Waals surface area (Å²) in [6.07, 6.45) is 2.51. The summed E-state index contributed by atoms with van der Waals surface area (Å²) in [6, 6.07) is 13.1. The van der Waals surface area contributed by atoms with Crippen LogP contribution in [-0.4, -0.2) is 36.2 Å². The van der Waals surface area contributed by atoms with Crippen LogP contribution in [0.3, 0.4) is 0 Å². The maximum Gasteiger partial charge on any atom is 0.213 e. The lowest BCUT2D eigenvalue weighted by molar-refractivity contribution is 0.190. The van der Waals surface area contributed by atoms with Gasteiger partial charge in [0.1, 0.15) is 17.9 Å². The summed E-state index contributed by atoms with van der Waals surface area (Å²) in [7, 11) is 1.62. The number of nitrogens with zero attached hydrogens (tertiary/aromatic N) is 4. The first-order chi connectivity index (χ1) is 12.2. The lowest BCUT2D eigenvalue weighted by atomic mass is 10.1. The molecule has 1 aromatic heterocycles. The maximum absolute atomic E-state index is 8.98. The van der Waals surface area contributed by atoms with Gasteiger partial charge in [-0.05, 0) is 24.6 Å². The topological polar surface area (TPSA) is 82.2 Å². The monoisotopic (exact) mass is 334 g/mol. The maximum atomic E-state index is 8.98. The van der Waals surface area contributed by atoms with Crippen molar-refractivity contribution in [1.29, 1.82) is 10.5 Å². The van der Waals surface area contributed by atoms with Crippen LogP contribution in [0.5, 0.6) is 11.6 Å². The van der Waals surface area contributed by atoms with Gasteiger partial charge in [-0.15, -0.1) is 0 Å². The molecule has 2 heterocycles. The van der Waals surface area contributed by atoms with Crippen LogP contribution in [0.1, 0.15) is 23.1 Å². The Balaban J connectivity index is 1.59. The van der Waals surface area contributed by atoms with E-state index in [0.29, 0.717) is 17.0 Å². The smallest absolute Gasteiger partial charge is 0.213 e. The minimum absolute atomic E-state index is 0.0739. The molecule has 1 aliphatic heterocycles. The molecule has 0 saturated carbocycles. The molecule has 6 nitrogen and oxygen atoms in total. The summed E-state index contributed by atoms with van der Waals surface area (Å²) < 4.78 is 11.3. The van der Waals surface area contributed by atoms with E-state index in [1.165, 1.54) is 6.20 Å². The molecule has 0 aliphatic carbocycles. The molecular formula is C19H18N4O2. The van der Waals surface area contributed by atoms with Crippen LogP contribution in [0.4, 0.5) is 0 Å². The summed E-state index contributed by atoms with van der Waals surface area (Å²) in [5.74, 6) is 1.28. The molecule has 0 N–H and O–H groups in total. The highest BCUT2D eigenvalue weighted by Gasteiger charge is 2.25. The van der Waals surface area contributed by atoms with Crippen molar-refractivity contribution >= 4 is 0 Å². The van der Waals surface area contributed by atoms with E-state index in [1.807, 2.05) is 18.2 Å². The van der Waals surface area contributed by atoms with Crippen LogP contribution in [-0.2, 0) is 6.54 Å². The first kappa shape index (κ1) is 16.8. The molecule has 1 atom stereocenters. The third kappa shape index (κ3) is 4.06. The largest absolute Gasteiger partial charge is 0.496 e. The number of ether oxygens (including phenoxy) is 2. The molecule has 1 saturated heterocycles. The van der Waals surface area contributed by atoms with Crippen LogP contribution >= 0.6 is 0 Å². The average Bonchev–Trinajstić information content (AvgIpc) is 3.09. The molecule has 1 fully saturated rings. The second-order valence-corrected chi connectivity index (χ2v) is 5.90. The average molecular weight is 334 g/mol. The zero-order valence-corrected chi connectivity index (χ0v) is 14.0. The number of benzene rings is 1. The normalized spacial score (nSPS) is 16.8. The van der Waals surface area contributed by atoms with Crippen molar-refractivity contribution in [2.45, 2.75) is 19.1 Å². The number of hydrogen-bond donors (Lipinski definition) is 0. The van der Waals surface area contributed by atoms with Crippen LogP contribution in [0.25, 0.3) is 0 Å². The second-order valence-electron chi connectivity index (χ2n) is 5.90. The van der Waals surface area contributed by atoms with Crippen LogP contribution in [0, 0.1) is 22.7 Å². The number of nitriles is 2. The Morgan fingerprint density at radius 1 is 1.20 bits per heavy atom. The summed E-state index contributed by atoms with van der Waals surface area (Å²) in [5.41, 5.74) is 2.17. The number of likely N-dealkylation sites (tertiary alicyclic amines) is 1. The van der Waals surface area contributed by atoms with Gasteiger partial charge in [0, 0.05) is 37.5 Å². The predicted octanol–water partition coefficient (Wildman–Crippen LogP) is 2.49. The number of pyridine rings is 1. The quantitative estimate of drug-likeness (QED) is 0.835. The Hall–Kier alpha value is -3.09. The van der Waals surface area contributed by atoms with Gasteiger partial charge in [0.05, 0.1) is 24.3 Å². The molecule has 1 unspecified atom stereocenters. The molecule has 126 valence electrons. The third-order valence-electron chi connectivity index (χ3n) is 4.19. The Labute approximate surface area is 146 Å².